The zero-order valence-electron chi connectivity index (χ0n) is 17.1. The normalized spacial score (nSPS) is 14.7. The smallest absolute Gasteiger partial charge is 0.226 e. The Morgan fingerprint density at radius 3 is 2.35 bits per heavy atom. The molecule has 6 nitrogen and oxygen atoms in total. The number of fused-ring (bicyclic) bond motifs is 3. The van der Waals surface area contributed by atoms with Gasteiger partial charge in [0.2, 0.25) is 5.91 Å². The number of amides is 1. The second kappa shape index (κ2) is 7.99. The van der Waals surface area contributed by atoms with Crippen LogP contribution < -0.4 is 5.32 Å². The molecule has 1 amide bonds. The number of nitrogens with zero attached hydrogens (tertiary/aromatic N) is 4. The highest BCUT2D eigenvalue weighted by molar-refractivity contribution is 6.15. The first-order valence-electron chi connectivity index (χ1n) is 10.2. The van der Waals surface area contributed by atoms with Gasteiger partial charge in [-0.2, -0.15) is 0 Å². The Labute approximate surface area is 180 Å². The van der Waals surface area contributed by atoms with Crippen molar-refractivity contribution in [2.24, 2.45) is 4.99 Å². The first kappa shape index (κ1) is 18.9. The molecule has 1 aliphatic heterocycles. The highest BCUT2D eigenvalue weighted by Crippen LogP contribution is 2.29. The zero-order chi connectivity index (χ0) is 21.2. The summed E-state index contributed by atoms with van der Waals surface area (Å²) < 4.78 is 1.97. The van der Waals surface area contributed by atoms with Crippen molar-refractivity contribution in [3.8, 4) is 5.69 Å². The van der Waals surface area contributed by atoms with Crippen molar-refractivity contribution in [3.63, 3.8) is 0 Å². The van der Waals surface area contributed by atoms with Crippen molar-refractivity contribution in [1.29, 1.82) is 0 Å². The third-order valence-electron chi connectivity index (χ3n) is 5.31. The summed E-state index contributed by atoms with van der Waals surface area (Å²) in [6.45, 7) is 1.91. The highest BCUT2D eigenvalue weighted by Gasteiger charge is 2.28. The van der Waals surface area contributed by atoms with E-state index in [-0.39, 0.29) is 12.3 Å². The van der Waals surface area contributed by atoms with Crippen LogP contribution in [0.25, 0.3) is 5.69 Å². The van der Waals surface area contributed by atoms with Crippen molar-refractivity contribution in [2.45, 2.75) is 19.5 Å². The predicted octanol–water partition coefficient (Wildman–Crippen LogP) is 3.78. The molecule has 6 heteroatoms. The summed E-state index contributed by atoms with van der Waals surface area (Å²) in [5.74, 6) is 1.22. The van der Waals surface area contributed by atoms with Crippen LogP contribution in [0.3, 0.4) is 0 Å². The summed E-state index contributed by atoms with van der Waals surface area (Å²) in [7, 11) is 0. The van der Waals surface area contributed by atoms with Gasteiger partial charge in [-0.15, -0.1) is 10.2 Å². The lowest BCUT2D eigenvalue weighted by molar-refractivity contribution is -0.121. The monoisotopic (exact) mass is 407 g/mol. The lowest BCUT2D eigenvalue weighted by Crippen LogP contribution is -2.30. The summed E-state index contributed by atoms with van der Waals surface area (Å²) in [4.78, 5) is 17.9. The molecular weight excluding hydrogens is 386 g/mol. The summed E-state index contributed by atoms with van der Waals surface area (Å²) in [6.07, 6.45) is -0.381. The van der Waals surface area contributed by atoms with Crippen molar-refractivity contribution in [1.82, 2.24) is 20.1 Å². The largest absolute Gasteiger partial charge is 0.328 e. The average molecular weight is 407 g/mol. The van der Waals surface area contributed by atoms with E-state index in [2.05, 4.69) is 15.5 Å². The number of para-hydroxylation sites is 1. The molecule has 0 saturated carbocycles. The fourth-order valence-corrected chi connectivity index (χ4v) is 3.89. The van der Waals surface area contributed by atoms with Gasteiger partial charge < -0.3 is 5.32 Å². The Hall–Kier alpha value is -4.06. The molecule has 0 saturated heterocycles. The van der Waals surface area contributed by atoms with E-state index in [4.69, 9.17) is 4.99 Å². The minimum Gasteiger partial charge on any atom is -0.328 e. The van der Waals surface area contributed by atoms with Crippen LogP contribution in [-0.2, 0) is 11.2 Å². The standard InChI is InChI=1S/C25H21N5O/c1-17-28-29-25-24(26-22(31)16-18-10-4-2-5-11-18)27-23(19-12-6-3-7-13-19)20-14-8-9-15-21(20)30(17)25/h2-15,24H,16H2,1H3,(H,26,31). The molecule has 5 rings (SSSR count). The number of hydrogen-bond donors (Lipinski definition) is 1. The first-order valence-corrected chi connectivity index (χ1v) is 10.2. The molecule has 1 unspecified atom stereocenters. The Kier molecular flexibility index (Phi) is 4.88. The lowest BCUT2D eigenvalue weighted by atomic mass is 10.0. The second-order valence-corrected chi connectivity index (χ2v) is 7.43. The quantitative estimate of drug-likeness (QED) is 0.560. The molecule has 0 radical (unpaired) electrons. The molecule has 4 aromatic rings. The SMILES string of the molecule is Cc1nnc2n1-c1ccccc1C(c1ccccc1)=NC2NC(=O)Cc1ccccc1. The number of hydrogen-bond acceptors (Lipinski definition) is 4. The number of aliphatic imine (C=N–C) groups is 1. The van der Waals surface area contributed by atoms with E-state index >= 15 is 0 Å². The van der Waals surface area contributed by atoms with Crippen molar-refractivity contribution < 1.29 is 4.79 Å². The summed E-state index contributed by atoms with van der Waals surface area (Å²) in [5.41, 5.74) is 4.65. The number of aryl methyl sites for hydroxylation is 1. The van der Waals surface area contributed by atoms with Crippen LogP contribution in [0.1, 0.15) is 34.5 Å². The molecule has 0 spiro atoms. The number of rotatable bonds is 4. The van der Waals surface area contributed by atoms with Gasteiger partial charge in [-0.05, 0) is 18.6 Å². The van der Waals surface area contributed by atoms with Gasteiger partial charge in [0.15, 0.2) is 12.0 Å². The van der Waals surface area contributed by atoms with Crippen LogP contribution in [0.2, 0.25) is 0 Å². The molecule has 0 aliphatic carbocycles. The number of nitrogens with one attached hydrogen (secondary N) is 1. The van der Waals surface area contributed by atoms with Crippen LogP contribution >= 0.6 is 0 Å². The average Bonchev–Trinajstić information content (AvgIpc) is 3.12. The van der Waals surface area contributed by atoms with Crippen LogP contribution in [0.15, 0.2) is 89.9 Å². The van der Waals surface area contributed by atoms with Crippen LogP contribution in [0, 0.1) is 6.92 Å². The molecule has 152 valence electrons. The molecule has 1 aliphatic rings. The molecule has 31 heavy (non-hydrogen) atoms. The summed E-state index contributed by atoms with van der Waals surface area (Å²) in [5, 5.41) is 11.7. The molecule has 0 bridgehead atoms. The maximum atomic E-state index is 12.9. The number of aromatic nitrogens is 3. The molecule has 1 aromatic heterocycles. The van der Waals surface area contributed by atoms with Crippen molar-refractivity contribution >= 4 is 11.6 Å². The second-order valence-electron chi connectivity index (χ2n) is 7.43. The molecular formula is C25H21N5O. The highest BCUT2D eigenvalue weighted by atomic mass is 16.1. The van der Waals surface area contributed by atoms with Crippen molar-refractivity contribution in [3.05, 3.63) is 113 Å². The van der Waals surface area contributed by atoms with E-state index in [0.29, 0.717) is 5.82 Å². The van der Waals surface area contributed by atoms with Gasteiger partial charge in [0.05, 0.1) is 17.8 Å². The van der Waals surface area contributed by atoms with E-state index in [1.54, 1.807) is 0 Å². The van der Waals surface area contributed by atoms with E-state index in [0.717, 1.165) is 33.9 Å². The van der Waals surface area contributed by atoms with Crippen LogP contribution in [0.5, 0.6) is 0 Å². The van der Waals surface area contributed by atoms with Gasteiger partial charge >= 0.3 is 0 Å². The molecule has 1 N–H and O–H groups in total. The topological polar surface area (TPSA) is 72.2 Å². The predicted molar refractivity (Wildman–Crippen MR) is 119 cm³/mol. The third-order valence-corrected chi connectivity index (χ3v) is 5.31. The van der Waals surface area contributed by atoms with Crippen LogP contribution in [-0.4, -0.2) is 26.4 Å². The molecule has 3 aromatic carbocycles. The van der Waals surface area contributed by atoms with Gasteiger partial charge in [-0.3, -0.25) is 14.4 Å². The Morgan fingerprint density at radius 1 is 0.903 bits per heavy atom. The fraction of sp³-hybridized carbons (Fsp3) is 0.120. The van der Waals surface area contributed by atoms with Gasteiger partial charge in [0, 0.05) is 11.1 Å². The molecule has 0 fully saturated rings. The maximum Gasteiger partial charge on any atom is 0.226 e. The Balaban J connectivity index is 1.60. The van der Waals surface area contributed by atoms with E-state index in [1.807, 2.05) is 96.4 Å². The summed E-state index contributed by atoms with van der Waals surface area (Å²) in [6, 6.07) is 27.7. The van der Waals surface area contributed by atoms with E-state index in [9.17, 15) is 4.79 Å². The number of carbonyl (C=O) groups excluding carboxylic acids is 1. The van der Waals surface area contributed by atoms with Gasteiger partial charge in [0.1, 0.15) is 5.82 Å². The maximum absolute atomic E-state index is 12.9. The first-order chi connectivity index (χ1) is 15.2. The van der Waals surface area contributed by atoms with Crippen molar-refractivity contribution in [2.75, 3.05) is 0 Å². The minimum atomic E-state index is -0.653. The summed E-state index contributed by atoms with van der Waals surface area (Å²) >= 11 is 0. The van der Waals surface area contributed by atoms with Gasteiger partial charge in [0.25, 0.3) is 0 Å². The Morgan fingerprint density at radius 2 is 1.58 bits per heavy atom. The Bertz CT molecular complexity index is 1260. The lowest BCUT2D eigenvalue weighted by Gasteiger charge is -2.14. The molecule has 1 atom stereocenters. The third kappa shape index (κ3) is 3.64. The minimum absolute atomic E-state index is 0.120. The number of benzene rings is 3. The van der Waals surface area contributed by atoms with Gasteiger partial charge in [-0.1, -0.05) is 78.9 Å². The zero-order valence-corrected chi connectivity index (χ0v) is 17.1. The molecule has 2 heterocycles. The van der Waals surface area contributed by atoms with E-state index in [1.165, 1.54) is 0 Å². The fourth-order valence-electron chi connectivity index (χ4n) is 3.89. The van der Waals surface area contributed by atoms with Crippen LogP contribution in [0.4, 0.5) is 0 Å². The number of carbonyl (C=O) groups is 1. The van der Waals surface area contributed by atoms with E-state index < -0.39 is 6.17 Å². The van der Waals surface area contributed by atoms with Gasteiger partial charge in [-0.25, -0.2) is 0 Å².